The van der Waals surface area contributed by atoms with Crippen molar-refractivity contribution >= 4 is 5.91 Å². The molecular weight excluding hydrogens is 252 g/mol. The summed E-state index contributed by atoms with van der Waals surface area (Å²) in [5.41, 5.74) is 3.08. The number of fused-ring (bicyclic) bond motifs is 1. The summed E-state index contributed by atoms with van der Waals surface area (Å²) in [5, 5.41) is 6.53. The van der Waals surface area contributed by atoms with Crippen LogP contribution in [0.15, 0.2) is 18.2 Å². The van der Waals surface area contributed by atoms with E-state index in [9.17, 15) is 4.79 Å². The largest absolute Gasteiger partial charge is 0.372 e. The highest BCUT2D eigenvalue weighted by Crippen LogP contribution is 2.21. The molecule has 2 N–H and O–H groups in total. The maximum Gasteiger partial charge on any atom is 0.251 e. The maximum atomic E-state index is 12.3. The summed E-state index contributed by atoms with van der Waals surface area (Å²) in [4.78, 5) is 12.3. The minimum absolute atomic E-state index is 0.0257. The fourth-order valence-electron chi connectivity index (χ4n) is 3.03. The van der Waals surface area contributed by atoms with Gasteiger partial charge in [-0.1, -0.05) is 6.07 Å². The summed E-state index contributed by atoms with van der Waals surface area (Å²) in [6.07, 6.45) is 2.38. The highest BCUT2D eigenvalue weighted by atomic mass is 16.5. The summed E-state index contributed by atoms with van der Waals surface area (Å²) < 4.78 is 5.39. The maximum absolute atomic E-state index is 12.3. The van der Waals surface area contributed by atoms with Crippen molar-refractivity contribution < 1.29 is 9.53 Å². The Hall–Kier alpha value is -1.39. The number of hydrogen-bond donors (Lipinski definition) is 2. The Bertz CT molecular complexity index is 495. The zero-order valence-electron chi connectivity index (χ0n) is 11.9. The number of carbonyl (C=O) groups excluding carboxylic acids is 1. The molecule has 1 amide bonds. The molecule has 108 valence electrons. The van der Waals surface area contributed by atoms with Gasteiger partial charge in [0, 0.05) is 11.6 Å². The van der Waals surface area contributed by atoms with E-state index >= 15 is 0 Å². The van der Waals surface area contributed by atoms with Crippen molar-refractivity contribution in [3.05, 3.63) is 34.9 Å². The molecule has 2 unspecified atom stereocenters. The van der Waals surface area contributed by atoms with Crippen molar-refractivity contribution in [2.75, 3.05) is 13.1 Å². The van der Waals surface area contributed by atoms with Gasteiger partial charge in [0.1, 0.15) is 0 Å². The van der Waals surface area contributed by atoms with Gasteiger partial charge in [0.05, 0.1) is 13.2 Å². The first-order chi connectivity index (χ1) is 9.74. The average molecular weight is 274 g/mol. The molecule has 1 fully saturated rings. The van der Waals surface area contributed by atoms with Crippen molar-refractivity contribution in [1.82, 2.24) is 10.6 Å². The van der Waals surface area contributed by atoms with E-state index in [0.29, 0.717) is 19.1 Å². The molecule has 1 saturated heterocycles. The molecule has 0 aromatic heterocycles. The quantitative estimate of drug-likeness (QED) is 0.884. The molecule has 2 heterocycles. The van der Waals surface area contributed by atoms with Crippen LogP contribution in [-0.4, -0.2) is 25.0 Å². The Morgan fingerprint density at radius 2 is 2.25 bits per heavy atom. The molecule has 20 heavy (non-hydrogen) atoms. The first kappa shape index (κ1) is 13.6. The van der Waals surface area contributed by atoms with Gasteiger partial charge in [-0.2, -0.15) is 0 Å². The molecule has 2 atom stereocenters. The van der Waals surface area contributed by atoms with Crippen LogP contribution in [0.5, 0.6) is 0 Å². The second kappa shape index (κ2) is 5.94. The minimum Gasteiger partial charge on any atom is -0.372 e. The molecule has 4 heteroatoms. The van der Waals surface area contributed by atoms with Crippen LogP contribution in [0.2, 0.25) is 0 Å². The van der Waals surface area contributed by atoms with Gasteiger partial charge in [0.2, 0.25) is 0 Å². The van der Waals surface area contributed by atoms with Gasteiger partial charge in [-0.25, -0.2) is 0 Å². The number of hydrogen-bond acceptors (Lipinski definition) is 3. The minimum atomic E-state index is 0.0257. The lowest BCUT2D eigenvalue weighted by molar-refractivity contribution is 0.0921. The average Bonchev–Trinajstić information content (AvgIpc) is 2.95. The highest BCUT2D eigenvalue weighted by Gasteiger charge is 2.22. The molecule has 0 spiro atoms. The zero-order valence-corrected chi connectivity index (χ0v) is 11.9. The molecule has 2 aliphatic rings. The predicted octanol–water partition coefficient (Wildman–Crippen LogP) is 1.83. The van der Waals surface area contributed by atoms with Crippen LogP contribution < -0.4 is 10.6 Å². The fraction of sp³-hybridized carbons (Fsp3) is 0.562. The van der Waals surface area contributed by atoms with Crippen molar-refractivity contribution in [2.45, 2.75) is 39.0 Å². The third-order valence-electron chi connectivity index (χ3n) is 4.38. The smallest absolute Gasteiger partial charge is 0.251 e. The number of nitrogens with one attached hydrogen (secondary N) is 2. The third kappa shape index (κ3) is 2.86. The molecule has 3 rings (SSSR count). The Labute approximate surface area is 119 Å². The van der Waals surface area contributed by atoms with Crippen LogP contribution in [0.4, 0.5) is 0 Å². The van der Waals surface area contributed by atoms with Crippen LogP contribution in [0.3, 0.4) is 0 Å². The predicted molar refractivity (Wildman–Crippen MR) is 77.5 cm³/mol. The van der Waals surface area contributed by atoms with Crippen LogP contribution in [0.25, 0.3) is 0 Å². The SMILES string of the molecule is CC(NC(=O)c1ccc2c(c1)COC2)C1CCCNC1. The number of ether oxygens (including phenoxy) is 1. The lowest BCUT2D eigenvalue weighted by Gasteiger charge is -2.29. The molecular formula is C16H22N2O2. The molecule has 1 aromatic rings. The van der Waals surface area contributed by atoms with Gasteiger partial charge in [-0.15, -0.1) is 0 Å². The molecule has 2 aliphatic heterocycles. The van der Waals surface area contributed by atoms with Crippen LogP contribution in [0.1, 0.15) is 41.3 Å². The summed E-state index contributed by atoms with van der Waals surface area (Å²) in [7, 11) is 0. The molecule has 4 nitrogen and oxygen atoms in total. The fourth-order valence-corrected chi connectivity index (χ4v) is 3.03. The summed E-state index contributed by atoms with van der Waals surface area (Å²) in [5.74, 6) is 0.559. The number of benzene rings is 1. The van der Waals surface area contributed by atoms with E-state index < -0.39 is 0 Å². The van der Waals surface area contributed by atoms with E-state index in [2.05, 4.69) is 17.6 Å². The lowest BCUT2D eigenvalue weighted by Crippen LogP contribution is -2.44. The van der Waals surface area contributed by atoms with E-state index in [-0.39, 0.29) is 11.9 Å². The molecule has 0 bridgehead atoms. The highest BCUT2D eigenvalue weighted by molar-refractivity contribution is 5.94. The Kier molecular flexibility index (Phi) is 4.03. The third-order valence-corrected chi connectivity index (χ3v) is 4.38. The standard InChI is InChI=1S/C16H22N2O2/c1-11(13-3-2-6-17-8-13)18-16(19)12-4-5-14-9-20-10-15(14)7-12/h4-5,7,11,13,17H,2-3,6,8-10H2,1H3,(H,18,19). The van der Waals surface area contributed by atoms with E-state index in [4.69, 9.17) is 4.74 Å². The van der Waals surface area contributed by atoms with Gasteiger partial charge < -0.3 is 15.4 Å². The van der Waals surface area contributed by atoms with E-state index in [0.717, 1.165) is 24.2 Å². The molecule has 0 saturated carbocycles. The van der Waals surface area contributed by atoms with Crippen LogP contribution in [0, 0.1) is 5.92 Å². The topological polar surface area (TPSA) is 50.4 Å². The molecule has 0 radical (unpaired) electrons. The second-order valence-corrected chi connectivity index (χ2v) is 5.84. The lowest BCUT2D eigenvalue weighted by atomic mass is 9.92. The van der Waals surface area contributed by atoms with E-state index in [1.165, 1.54) is 18.4 Å². The van der Waals surface area contributed by atoms with Crippen molar-refractivity contribution in [2.24, 2.45) is 5.92 Å². The summed E-state index contributed by atoms with van der Waals surface area (Å²) in [6.45, 7) is 5.49. The van der Waals surface area contributed by atoms with Crippen LogP contribution >= 0.6 is 0 Å². The molecule has 0 aliphatic carbocycles. The van der Waals surface area contributed by atoms with Gasteiger partial charge in [0.15, 0.2) is 0 Å². The molecule has 1 aromatic carbocycles. The van der Waals surface area contributed by atoms with Crippen molar-refractivity contribution in [1.29, 1.82) is 0 Å². The number of rotatable bonds is 3. The van der Waals surface area contributed by atoms with Gasteiger partial charge >= 0.3 is 0 Å². The first-order valence-electron chi connectivity index (χ1n) is 7.45. The van der Waals surface area contributed by atoms with E-state index in [1.54, 1.807) is 0 Å². The van der Waals surface area contributed by atoms with Gasteiger partial charge in [-0.3, -0.25) is 4.79 Å². The van der Waals surface area contributed by atoms with Crippen LogP contribution in [-0.2, 0) is 18.0 Å². The number of piperidine rings is 1. The Morgan fingerprint density at radius 3 is 3.05 bits per heavy atom. The Balaban J connectivity index is 1.63. The zero-order chi connectivity index (χ0) is 13.9. The van der Waals surface area contributed by atoms with Gasteiger partial charge in [0.25, 0.3) is 5.91 Å². The monoisotopic (exact) mass is 274 g/mol. The van der Waals surface area contributed by atoms with E-state index in [1.807, 2.05) is 18.2 Å². The van der Waals surface area contributed by atoms with Crippen molar-refractivity contribution in [3.63, 3.8) is 0 Å². The normalized spacial score (nSPS) is 23.1. The summed E-state index contributed by atoms with van der Waals surface area (Å²) in [6, 6.07) is 6.07. The number of amides is 1. The van der Waals surface area contributed by atoms with Gasteiger partial charge in [-0.05, 0) is 62.0 Å². The first-order valence-corrected chi connectivity index (χ1v) is 7.45. The van der Waals surface area contributed by atoms with Crippen molar-refractivity contribution in [3.8, 4) is 0 Å². The number of carbonyl (C=O) groups is 1. The Morgan fingerprint density at radius 1 is 1.40 bits per heavy atom. The summed E-state index contributed by atoms with van der Waals surface area (Å²) >= 11 is 0. The second-order valence-electron chi connectivity index (χ2n) is 5.84.